The molecule has 0 aliphatic rings. The minimum Gasteiger partial charge on any atom is -0.454 e. The van der Waals surface area contributed by atoms with Crippen LogP contribution in [0.15, 0.2) is 28.7 Å². The van der Waals surface area contributed by atoms with Crippen molar-refractivity contribution in [3.8, 4) is 11.5 Å². The SMILES string of the molecule is Cc1c(N)nc(C(C)C)nc1-c1cc2cc(Cl)ccc2o1. The molecular weight excluding hydrogens is 286 g/mol. The Balaban J connectivity index is 2.21. The third-order valence-electron chi connectivity index (χ3n) is 3.43. The summed E-state index contributed by atoms with van der Waals surface area (Å²) < 4.78 is 5.88. The van der Waals surface area contributed by atoms with Crippen LogP contribution in [0, 0.1) is 6.92 Å². The van der Waals surface area contributed by atoms with Crippen molar-refractivity contribution in [1.29, 1.82) is 0 Å². The fourth-order valence-electron chi connectivity index (χ4n) is 2.18. The Labute approximate surface area is 128 Å². The van der Waals surface area contributed by atoms with Crippen LogP contribution < -0.4 is 5.73 Å². The number of aromatic nitrogens is 2. The minimum absolute atomic E-state index is 0.200. The van der Waals surface area contributed by atoms with Gasteiger partial charge in [-0.25, -0.2) is 9.97 Å². The molecule has 0 aliphatic carbocycles. The molecule has 3 aromatic rings. The van der Waals surface area contributed by atoms with Gasteiger partial charge in [0.1, 0.15) is 22.9 Å². The number of halogens is 1. The summed E-state index contributed by atoms with van der Waals surface area (Å²) in [4.78, 5) is 8.93. The van der Waals surface area contributed by atoms with Crippen LogP contribution in [0.1, 0.15) is 31.2 Å². The number of furan rings is 1. The second-order valence-electron chi connectivity index (χ2n) is 5.39. The molecule has 0 aliphatic heterocycles. The summed E-state index contributed by atoms with van der Waals surface area (Å²) in [6, 6.07) is 7.45. The average Bonchev–Trinajstić information content (AvgIpc) is 2.84. The van der Waals surface area contributed by atoms with Crippen molar-refractivity contribution in [2.75, 3.05) is 5.73 Å². The lowest BCUT2D eigenvalue weighted by molar-refractivity contribution is 0.625. The van der Waals surface area contributed by atoms with Gasteiger partial charge in [0.15, 0.2) is 5.76 Å². The van der Waals surface area contributed by atoms with E-state index in [0.29, 0.717) is 22.4 Å². The Morgan fingerprint density at radius 3 is 2.67 bits per heavy atom. The van der Waals surface area contributed by atoms with Crippen LogP contribution in [0.25, 0.3) is 22.4 Å². The summed E-state index contributed by atoms with van der Waals surface area (Å²) in [5.41, 5.74) is 8.33. The zero-order chi connectivity index (χ0) is 15.1. The highest BCUT2D eigenvalue weighted by Gasteiger charge is 2.16. The number of hydrogen-bond donors (Lipinski definition) is 1. The van der Waals surface area contributed by atoms with Crippen LogP contribution >= 0.6 is 11.6 Å². The molecule has 0 bridgehead atoms. The van der Waals surface area contributed by atoms with E-state index in [4.69, 9.17) is 21.8 Å². The van der Waals surface area contributed by atoms with Gasteiger partial charge >= 0.3 is 0 Å². The molecule has 0 fully saturated rings. The highest BCUT2D eigenvalue weighted by atomic mass is 35.5. The van der Waals surface area contributed by atoms with Gasteiger partial charge in [-0.05, 0) is 31.2 Å². The monoisotopic (exact) mass is 301 g/mol. The maximum atomic E-state index is 6.01. The molecule has 0 spiro atoms. The Hall–Kier alpha value is -2.07. The highest BCUT2D eigenvalue weighted by Crippen LogP contribution is 2.32. The van der Waals surface area contributed by atoms with Gasteiger partial charge in [-0.2, -0.15) is 0 Å². The molecule has 2 heterocycles. The Morgan fingerprint density at radius 1 is 1.19 bits per heavy atom. The molecular formula is C16H16ClN3O. The molecule has 0 saturated carbocycles. The smallest absolute Gasteiger partial charge is 0.154 e. The molecule has 0 atom stereocenters. The summed E-state index contributed by atoms with van der Waals surface area (Å²) in [6.45, 7) is 5.97. The fourth-order valence-corrected chi connectivity index (χ4v) is 2.36. The molecule has 0 amide bonds. The fraction of sp³-hybridized carbons (Fsp3) is 0.250. The highest BCUT2D eigenvalue weighted by molar-refractivity contribution is 6.31. The molecule has 108 valence electrons. The van der Waals surface area contributed by atoms with E-state index < -0.39 is 0 Å². The van der Waals surface area contributed by atoms with Crippen LogP contribution in [-0.2, 0) is 0 Å². The lowest BCUT2D eigenvalue weighted by Gasteiger charge is -2.10. The van der Waals surface area contributed by atoms with E-state index in [-0.39, 0.29) is 5.92 Å². The van der Waals surface area contributed by atoms with Gasteiger partial charge in [0, 0.05) is 21.9 Å². The van der Waals surface area contributed by atoms with Crippen molar-refractivity contribution in [3.05, 3.63) is 40.7 Å². The molecule has 0 unspecified atom stereocenters. The molecule has 4 nitrogen and oxygen atoms in total. The van der Waals surface area contributed by atoms with Crippen molar-refractivity contribution >= 4 is 28.4 Å². The van der Waals surface area contributed by atoms with Crippen LogP contribution in [0.3, 0.4) is 0 Å². The van der Waals surface area contributed by atoms with Crippen molar-refractivity contribution in [2.24, 2.45) is 0 Å². The van der Waals surface area contributed by atoms with Crippen LogP contribution in [0.5, 0.6) is 0 Å². The van der Waals surface area contributed by atoms with E-state index in [1.807, 2.05) is 39.0 Å². The zero-order valence-electron chi connectivity index (χ0n) is 12.1. The van der Waals surface area contributed by atoms with E-state index in [0.717, 1.165) is 22.2 Å². The first-order valence-electron chi connectivity index (χ1n) is 6.79. The van der Waals surface area contributed by atoms with Crippen LogP contribution in [0.2, 0.25) is 5.02 Å². The lowest BCUT2D eigenvalue weighted by Crippen LogP contribution is -2.05. The number of fused-ring (bicyclic) bond motifs is 1. The van der Waals surface area contributed by atoms with Gasteiger partial charge in [-0.1, -0.05) is 25.4 Å². The second kappa shape index (κ2) is 5.04. The minimum atomic E-state index is 0.200. The summed E-state index contributed by atoms with van der Waals surface area (Å²) >= 11 is 6.01. The number of anilines is 1. The predicted octanol–water partition coefficient (Wildman–Crippen LogP) is 4.56. The number of nitrogens with zero attached hydrogens (tertiary/aromatic N) is 2. The third-order valence-corrected chi connectivity index (χ3v) is 3.66. The molecule has 0 radical (unpaired) electrons. The predicted molar refractivity (Wildman–Crippen MR) is 85.5 cm³/mol. The van der Waals surface area contributed by atoms with E-state index >= 15 is 0 Å². The first-order chi connectivity index (χ1) is 9.95. The quantitative estimate of drug-likeness (QED) is 0.753. The van der Waals surface area contributed by atoms with Crippen molar-refractivity contribution < 1.29 is 4.42 Å². The van der Waals surface area contributed by atoms with Gasteiger partial charge in [0.25, 0.3) is 0 Å². The molecule has 2 aromatic heterocycles. The maximum absolute atomic E-state index is 6.01. The number of benzene rings is 1. The second-order valence-corrected chi connectivity index (χ2v) is 5.82. The van der Waals surface area contributed by atoms with Gasteiger partial charge in [-0.3, -0.25) is 0 Å². The first-order valence-corrected chi connectivity index (χ1v) is 7.17. The zero-order valence-corrected chi connectivity index (χ0v) is 12.9. The summed E-state index contributed by atoms with van der Waals surface area (Å²) in [5.74, 6) is 2.08. The standard InChI is InChI=1S/C16H16ClN3O/c1-8(2)16-19-14(9(3)15(18)20-16)13-7-10-6-11(17)4-5-12(10)21-13/h4-8H,1-3H3,(H2,18,19,20). The third kappa shape index (κ3) is 2.47. The summed E-state index contributed by atoms with van der Waals surface area (Å²) in [6.07, 6.45) is 0. The van der Waals surface area contributed by atoms with Crippen molar-refractivity contribution in [2.45, 2.75) is 26.7 Å². The average molecular weight is 302 g/mol. The van der Waals surface area contributed by atoms with Crippen molar-refractivity contribution in [3.63, 3.8) is 0 Å². The molecule has 2 N–H and O–H groups in total. The number of rotatable bonds is 2. The number of hydrogen-bond acceptors (Lipinski definition) is 4. The van der Waals surface area contributed by atoms with Crippen molar-refractivity contribution in [1.82, 2.24) is 9.97 Å². The van der Waals surface area contributed by atoms with E-state index in [1.165, 1.54) is 0 Å². The van der Waals surface area contributed by atoms with Crippen LogP contribution in [-0.4, -0.2) is 9.97 Å². The summed E-state index contributed by atoms with van der Waals surface area (Å²) in [7, 11) is 0. The van der Waals surface area contributed by atoms with Gasteiger partial charge in [-0.15, -0.1) is 0 Å². The van der Waals surface area contributed by atoms with Gasteiger partial charge in [0.05, 0.1) is 0 Å². The van der Waals surface area contributed by atoms with E-state index in [9.17, 15) is 0 Å². The molecule has 21 heavy (non-hydrogen) atoms. The number of nitrogen functional groups attached to an aromatic ring is 1. The normalized spacial score (nSPS) is 11.5. The van der Waals surface area contributed by atoms with E-state index in [2.05, 4.69) is 9.97 Å². The Bertz CT molecular complexity index is 824. The van der Waals surface area contributed by atoms with Crippen LogP contribution in [0.4, 0.5) is 5.82 Å². The molecule has 0 saturated heterocycles. The maximum Gasteiger partial charge on any atom is 0.154 e. The molecule has 1 aromatic carbocycles. The largest absolute Gasteiger partial charge is 0.454 e. The van der Waals surface area contributed by atoms with E-state index in [1.54, 1.807) is 6.07 Å². The van der Waals surface area contributed by atoms with Gasteiger partial charge in [0.2, 0.25) is 0 Å². The lowest BCUT2D eigenvalue weighted by atomic mass is 10.1. The Kier molecular flexibility index (Phi) is 3.33. The Morgan fingerprint density at radius 2 is 1.95 bits per heavy atom. The number of nitrogens with two attached hydrogens (primary N) is 1. The summed E-state index contributed by atoms with van der Waals surface area (Å²) in [5, 5.41) is 1.62. The molecule has 3 rings (SSSR count). The topological polar surface area (TPSA) is 64.9 Å². The molecule has 5 heteroatoms. The van der Waals surface area contributed by atoms with Gasteiger partial charge < -0.3 is 10.2 Å². The first kappa shape index (κ1) is 13.9.